The number of halogens is 1. The second kappa shape index (κ2) is 10.8. The molecular weight excluding hydrogens is 501 g/mol. The van der Waals surface area contributed by atoms with E-state index < -0.39 is 0 Å². The van der Waals surface area contributed by atoms with Crippen molar-refractivity contribution in [2.45, 2.75) is 18.3 Å². The SMILES string of the molecule is CN=C(NCC(=O)N1CCN(c2ccccc2)CC1)NCC1(c2ccccc2)CC1.I. The maximum Gasteiger partial charge on any atom is 0.242 e. The number of carbonyl (C=O) groups excluding carboxylic acids is 1. The van der Waals surface area contributed by atoms with Crippen molar-refractivity contribution in [3.05, 3.63) is 66.2 Å². The molecule has 1 amide bonds. The number of anilines is 1. The van der Waals surface area contributed by atoms with Crippen LogP contribution in [-0.4, -0.2) is 63.1 Å². The Kier molecular flexibility index (Phi) is 8.17. The Hall–Kier alpha value is -2.29. The lowest BCUT2D eigenvalue weighted by Crippen LogP contribution is -2.52. The van der Waals surface area contributed by atoms with Gasteiger partial charge in [-0.1, -0.05) is 48.5 Å². The molecule has 1 saturated carbocycles. The van der Waals surface area contributed by atoms with Crippen molar-refractivity contribution in [3.63, 3.8) is 0 Å². The average Bonchev–Trinajstić information content (AvgIpc) is 3.61. The third kappa shape index (κ3) is 5.90. The summed E-state index contributed by atoms with van der Waals surface area (Å²) < 4.78 is 0. The van der Waals surface area contributed by atoms with Gasteiger partial charge in [0.05, 0.1) is 6.54 Å². The minimum atomic E-state index is 0. The van der Waals surface area contributed by atoms with Gasteiger partial charge in [-0.25, -0.2) is 0 Å². The first-order valence-corrected chi connectivity index (χ1v) is 10.8. The van der Waals surface area contributed by atoms with Crippen molar-refractivity contribution in [1.82, 2.24) is 15.5 Å². The summed E-state index contributed by atoms with van der Waals surface area (Å²) in [5, 5.41) is 6.61. The first-order chi connectivity index (χ1) is 14.7. The number of rotatable bonds is 6. The average molecular weight is 533 g/mol. The molecule has 6 nitrogen and oxygen atoms in total. The van der Waals surface area contributed by atoms with Gasteiger partial charge >= 0.3 is 0 Å². The number of para-hydroxylation sites is 1. The number of hydrogen-bond donors (Lipinski definition) is 2. The van der Waals surface area contributed by atoms with Crippen LogP contribution in [0, 0.1) is 0 Å². The highest BCUT2D eigenvalue weighted by Crippen LogP contribution is 2.47. The molecule has 1 aliphatic heterocycles. The molecule has 1 heterocycles. The van der Waals surface area contributed by atoms with E-state index in [1.54, 1.807) is 7.05 Å². The fourth-order valence-electron chi connectivity index (χ4n) is 4.11. The van der Waals surface area contributed by atoms with Crippen molar-refractivity contribution in [1.29, 1.82) is 0 Å². The number of amides is 1. The molecule has 7 heteroatoms. The number of nitrogens with zero attached hydrogens (tertiary/aromatic N) is 3. The van der Waals surface area contributed by atoms with Crippen molar-refractivity contribution in [2.24, 2.45) is 4.99 Å². The molecule has 31 heavy (non-hydrogen) atoms. The maximum atomic E-state index is 12.7. The fourth-order valence-corrected chi connectivity index (χ4v) is 4.11. The van der Waals surface area contributed by atoms with Gasteiger partial charge in [-0.2, -0.15) is 0 Å². The molecule has 0 aromatic heterocycles. The van der Waals surface area contributed by atoms with Crippen LogP contribution in [0.2, 0.25) is 0 Å². The molecule has 2 aliphatic rings. The maximum absolute atomic E-state index is 12.7. The highest BCUT2D eigenvalue weighted by atomic mass is 127. The zero-order valence-electron chi connectivity index (χ0n) is 18.1. The molecule has 2 fully saturated rings. The highest BCUT2D eigenvalue weighted by Gasteiger charge is 2.44. The van der Waals surface area contributed by atoms with Crippen LogP contribution < -0.4 is 15.5 Å². The van der Waals surface area contributed by atoms with Crippen LogP contribution in [-0.2, 0) is 10.2 Å². The Balaban J connectivity index is 0.00000272. The number of piperazine rings is 1. The second-order valence-corrected chi connectivity index (χ2v) is 8.13. The summed E-state index contributed by atoms with van der Waals surface area (Å²) in [5.41, 5.74) is 2.80. The summed E-state index contributed by atoms with van der Waals surface area (Å²) in [4.78, 5) is 21.2. The second-order valence-electron chi connectivity index (χ2n) is 8.13. The predicted octanol–water partition coefficient (Wildman–Crippen LogP) is 2.85. The number of benzene rings is 2. The van der Waals surface area contributed by atoms with E-state index in [4.69, 9.17) is 0 Å². The molecule has 1 aliphatic carbocycles. The third-order valence-corrected chi connectivity index (χ3v) is 6.22. The predicted molar refractivity (Wildman–Crippen MR) is 137 cm³/mol. The van der Waals surface area contributed by atoms with E-state index >= 15 is 0 Å². The molecule has 1 saturated heterocycles. The molecule has 0 radical (unpaired) electrons. The quantitative estimate of drug-likeness (QED) is 0.341. The van der Waals surface area contributed by atoms with Gasteiger partial charge in [0.2, 0.25) is 5.91 Å². The molecular formula is C24H32IN5O. The Bertz CT molecular complexity index is 862. The fraction of sp³-hybridized carbons (Fsp3) is 0.417. The minimum Gasteiger partial charge on any atom is -0.368 e. The van der Waals surface area contributed by atoms with E-state index in [-0.39, 0.29) is 41.8 Å². The normalized spacial score (nSPS) is 17.5. The van der Waals surface area contributed by atoms with Gasteiger partial charge in [-0.3, -0.25) is 9.79 Å². The molecule has 0 unspecified atom stereocenters. The summed E-state index contributed by atoms with van der Waals surface area (Å²) in [5.74, 6) is 0.809. The van der Waals surface area contributed by atoms with E-state index in [0.717, 1.165) is 32.7 Å². The first kappa shape index (κ1) is 23.4. The number of aliphatic imine (C=N–C) groups is 1. The number of nitrogens with one attached hydrogen (secondary N) is 2. The Morgan fingerprint density at radius 3 is 2.13 bits per heavy atom. The molecule has 2 aromatic carbocycles. The Morgan fingerprint density at radius 1 is 0.935 bits per heavy atom. The topological polar surface area (TPSA) is 60.0 Å². The van der Waals surface area contributed by atoms with Gasteiger partial charge in [-0.15, -0.1) is 24.0 Å². The van der Waals surface area contributed by atoms with Crippen molar-refractivity contribution < 1.29 is 4.79 Å². The standard InChI is InChI=1S/C24H31N5O.HI/c1-25-23(27-19-24(12-13-24)20-8-4-2-5-9-20)26-18-22(30)29-16-14-28(15-17-29)21-10-6-3-7-11-21;/h2-11H,12-19H2,1H3,(H2,25,26,27);1H. The zero-order chi connectivity index (χ0) is 20.8. The van der Waals surface area contributed by atoms with Crippen LogP contribution in [0.15, 0.2) is 65.7 Å². The van der Waals surface area contributed by atoms with Crippen molar-refractivity contribution >= 4 is 41.5 Å². The van der Waals surface area contributed by atoms with Gasteiger partial charge in [0.1, 0.15) is 0 Å². The van der Waals surface area contributed by atoms with Crippen LogP contribution in [0.3, 0.4) is 0 Å². The lowest BCUT2D eigenvalue weighted by atomic mass is 9.96. The van der Waals surface area contributed by atoms with E-state index in [9.17, 15) is 4.79 Å². The Morgan fingerprint density at radius 2 is 1.55 bits per heavy atom. The summed E-state index contributed by atoms with van der Waals surface area (Å²) in [6.45, 7) is 4.33. The van der Waals surface area contributed by atoms with Gasteiger partial charge in [0.25, 0.3) is 0 Å². The number of hydrogen-bond acceptors (Lipinski definition) is 3. The summed E-state index contributed by atoms with van der Waals surface area (Å²) in [6.07, 6.45) is 2.37. The molecule has 0 atom stereocenters. The lowest BCUT2D eigenvalue weighted by Gasteiger charge is -2.36. The van der Waals surface area contributed by atoms with Crippen LogP contribution in [0.1, 0.15) is 18.4 Å². The van der Waals surface area contributed by atoms with E-state index in [2.05, 4.69) is 75.1 Å². The third-order valence-electron chi connectivity index (χ3n) is 6.22. The van der Waals surface area contributed by atoms with Crippen molar-refractivity contribution in [2.75, 3.05) is 51.2 Å². The monoisotopic (exact) mass is 533 g/mol. The first-order valence-electron chi connectivity index (χ1n) is 10.8. The summed E-state index contributed by atoms with van der Waals surface area (Å²) in [7, 11) is 1.75. The summed E-state index contributed by atoms with van der Waals surface area (Å²) >= 11 is 0. The van der Waals surface area contributed by atoms with Crippen LogP contribution in [0.25, 0.3) is 0 Å². The van der Waals surface area contributed by atoms with E-state index in [1.807, 2.05) is 11.0 Å². The van der Waals surface area contributed by atoms with Gasteiger partial charge in [0, 0.05) is 50.9 Å². The molecule has 2 aromatic rings. The lowest BCUT2D eigenvalue weighted by molar-refractivity contribution is -0.130. The van der Waals surface area contributed by atoms with E-state index in [1.165, 1.54) is 24.1 Å². The number of guanidine groups is 1. The van der Waals surface area contributed by atoms with Crippen LogP contribution in [0.4, 0.5) is 5.69 Å². The van der Waals surface area contributed by atoms with Crippen molar-refractivity contribution in [3.8, 4) is 0 Å². The minimum absolute atomic E-state index is 0. The van der Waals surface area contributed by atoms with Crippen LogP contribution >= 0.6 is 24.0 Å². The van der Waals surface area contributed by atoms with Crippen LogP contribution in [0.5, 0.6) is 0 Å². The molecule has 0 bridgehead atoms. The molecule has 0 spiro atoms. The van der Waals surface area contributed by atoms with Gasteiger partial charge in [-0.05, 0) is 30.5 Å². The smallest absolute Gasteiger partial charge is 0.242 e. The largest absolute Gasteiger partial charge is 0.368 e. The zero-order valence-corrected chi connectivity index (χ0v) is 20.4. The molecule has 4 rings (SSSR count). The highest BCUT2D eigenvalue weighted by molar-refractivity contribution is 14.0. The Labute approximate surface area is 202 Å². The van der Waals surface area contributed by atoms with E-state index in [0.29, 0.717) is 5.96 Å². The van der Waals surface area contributed by atoms with Gasteiger partial charge in [0.15, 0.2) is 5.96 Å². The summed E-state index contributed by atoms with van der Waals surface area (Å²) in [6, 6.07) is 21.0. The number of carbonyl (C=O) groups is 1. The molecule has 166 valence electrons. The van der Waals surface area contributed by atoms with Gasteiger partial charge < -0.3 is 20.4 Å². The molecule has 2 N–H and O–H groups in total.